The number of hydrogen-bond acceptors (Lipinski definition) is 3. The third-order valence-corrected chi connectivity index (χ3v) is 3.47. The van der Waals surface area contributed by atoms with Crippen LogP contribution in [0.2, 0.25) is 0 Å². The second kappa shape index (κ2) is 7.26. The summed E-state index contributed by atoms with van der Waals surface area (Å²) in [5, 5.41) is 2.86. The lowest BCUT2D eigenvalue weighted by atomic mass is 10.1. The second-order valence-corrected chi connectivity index (χ2v) is 5.49. The van der Waals surface area contributed by atoms with Crippen molar-refractivity contribution in [3.8, 4) is 0 Å². The first-order valence-electron chi connectivity index (χ1n) is 5.98. The van der Waals surface area contributed by atoms with Gasteiger partial charge in [0.2, 0.25) is 0 Å². The fraction of sp³-hybridized carbons (Fsp3) is 0.462. The van der Waals surface area contributed by atoms with Gasteiger partial charge in [0.15, 0.2) is 0 Å². The molecule has 1 rings (SSSR count). The molecule has 1 aromatic carbocycles. The fourth-order valence-electron chi connectivity index (χ4n) is 1.52. The Morgan fingerprint density at radius 3 is 2.89 bits per heavy atom. The summed E-state index contributed by atoms with van der Waals surface area (Å²) in [5.74, 6) is 1.40. The smallest absolute Gasteiger partial charge is 0.253 e. The van der Waals surface area contributed by atoms with Crippen LogP contribution in [0.3, 0.4) is 0 Å². The van der Waals surface area contributed by atoms with E-state index in [9.17, 15) is 9.18 Å². The molecule has 0 aliphatic carbocycles. The minimum absolute atomic E-state index is 0.0843. The van der Waals surface area contributed by atoms with E-state index in [2.05, 4.69) is 12.2 Å². The maximum atomic E-state index is 12.9. The van der Waals surface area contributed by atoms with E-state index < -0.39 is 5.82 Å². The van der Waals surface area contributed by atoms with Gasteiger partial charge in [0.05, 0.1) is 5.56 Å². The first-order valence-corrected chi connectivity index (χ1v) is 7.13. The van der Waals surface area contributed by atoms with E-state index in [-0.39, 0.29) is 17.6 Å². The highest BCUT2D eigenvalue weighted by molar-refractivity contribution is 7.99. The van der Waals surface area contributed by atoms with E-state index in [1.165, 1.54) is 12.1 Å². The summed E-state index contributed by atoms with van der Waals surface area (Å²) in [6, 6.07) is 3.89. The van der Waals surface area contributed by atoms with Crippen LogP contribution in [0, 0.1) is 5.82 Å². The molecule has 1 amide bonds. The molecule has 0 bridgehead atoms. The van der Waals surface area contributed by atoms with Crippen LogP contribution in [0.4, 0.5) is 10.1 Å². The Morgan fingerprint density at radius 2 is 2.28 bits per heavy atom. The van der Waals surface area contributed by atoms with Crippen LogP contribution in [0.5, 0.6) is 0 Å². The molecule has 5 heteroatoms. The number of rotatable bonds is 6. The van der Waals surface area contributed by atoms with Gasteiger partial charge in [-0.15, -0.1) is 0 Å². The molecular weight excluding hydrogens is 251 g/mol. The third-order valence-electron chi connectivity index (χ3n) is 2.54. The molecule has 0 fully saturated rings. The van der Waals surface area contributed by atoms with E-state index in [0.717, 1.165) is 24.0 Å². The van der Waals surface area contributed by atoms with Crippen LogP contribution >= 0.6 is 11.8 Å². The van der Waals surface area contributed by atoms with Crippen LogP contribution in [0.25, 0.3) is 0 Å². The minimum atomic E-state index is -0.434. The predicted octanol–water partition coefficient (Wildman–Crippen LogP) is 2.67. The largest absolute Gasteiger partial charge is 0.398 e. The Bertz CT molecular complexity index is 412. The first-order chi connectivity index (χ1) is 8.54. The Balaban J connectivity index is 2.54. The number of thioether (sulfide) groups is 1. The van der Waals surface area contributed by atoms with E-state index in [1.807, 2.05) is 18.7 Å². The van der Waals surface area contributed by atoms with Crippen LogP contribution in [-0.2, 0) is 0 Å². The average molecular weight is 270 g/mol. The highest BCUT2D eigenvalue weighted by Gasteiger charge is 2.12. The van der Waals surface area contributed by atoms with Gasteiger partial charge in [-0.05, 0) is 43.0 Å². The Kier molecular flexibility index (Phi) is 5.98. The molecule has 100 valence electrons. The summed E-state index contributed by atoms with van der Waals surface area (Å²) in [4.78, 5) is 11.9. The summed E-state index contributed by atoms with van der Waals surface area (Å²) in [5.41, 5.74) is 6.11. The van der Waals surface area contributed by atoms with Gasteiger partial charge < -0.3 is 11.1 Å². The van der Waals surface area contributed by atoms with Crippen LogP contribution in [-0.4, -0.2) is 23.5 Å². The number of nitrogens with two attached hydrogens (primary N) is 1. The zero-order valence-electron chi connectivity index (χ0n) is 10.7. The van der Waals surface area contributed by atoms with Crippen molar-refractivity contribution in [1.29, 1.82) is 0 Å². The number of nitrogens with one attached hydrogen (secondary N) is 1. The summed E-state index contributed by atoms with van der Waals surface area (Å²) < 4.78 is 12.9. The van der Waals surface area contributed by atoms with Crippen molar-refractivity contribution in [1.82, 2.24) is 5.32 Å². The number of hydrogen-bond donors (Lipinski definition) is 2. The molecule has 1 aromatic rings. The summed E-state index contributed by atoms with van der Waals surface area (Å²) in [7, 11) is 0. The van der Waals surface area contributed by atoms with Gasteiger partial charge in [0, 0.05) is 11.7 Å². The molecule has 0 saturated carbocycles. The molecule has 0 spiro atoms. The zero-order valence-corrected chi connectivity index (χ0v) is 11.5. The molecule has 0 aliphatic heterocycles. The van der Waals surface area contributed by atoms with Gasteiger partial charge >= 0.3 is 0 Å². The molecule has 0 aliphatic rings. The van der Waals surface area contributed by atoms with Crippen molar-refractivity contribution >= 4 is 23.4 Å². The summed E-state index contributed by atoms with van der Waals surface area (Å²) >= 11 is 1.84. The van der Waals surface area contributed by atoms with Crippen molar-refractivity contribution in [2.75, 3.05) is 17.2 Å². The second-order valence-electron chi connectivity index (χ2n) is 4.09. The molecule has 0 heterocycles. The maximum Gasteiger partial charge on any atom is 0.253 e. The molecule has 3 nitrogen and oxygen atoms in total. The van der Waals surface area contributed by atoms with Crippen LogP contribution in [0.1, 0.15) is 30.6 Å². The summed E-state index contributed by atoms with van der Waals surface area (Å²) in [6.07, 6.45) is 0.908. The van der Waals surface area contributed by atoms with Crippen LogP contribution < -0.4 is 11.1 Å². The Hall–Kier alpha value is -1.23. The quantitative estimate of drug-likeness (QED) is 0.617. The van der Waals surface area contributed by atoms with E-state index >= 15 is 0 Å². The van der Waals surface area contributed by atoms with Gasteiger partial charge in [0.1, 0.15) is 5.82 Å². The van der Waals surface area contributed by atoms with E-state index in [4.69, 9.17) is 5.73 Å². The monoisotopic (exact) mass is 270 g/mol. The summed E-state index contributed by atoms with van der Waals surface area (Å²) in [6.45, 7) is 4.06. The lowest BCUT2D eigenvalue weighted by Gasteiger charge is -2.14. The van der Waals surface area contributed by atoms with Gasteiger partial charge in [0.25, 0.3) is 5.91 Å². The number of carbonyl (C=O) groups excluding carboxylic acids is 1. The number of carbonyl (C=O) groups is 1. The Morgan fingerprint density at radius 1 is 1.56 bits per heavy atom. The number of halogens is 1. The first kappa shape index (κ1) is 14.8. The SMILES string of the molecule is CCSCCC(C)NC(=O)c1ccc(F)cc1N. The molecule has 18 heavy (non-hydrogen) atoms. The van der Waals surface area contributed by atoms with Gasteiger partial charge in [-0.25, -0.2) is 4.39 Å². The average Bonchev–Trinajstić information content (AvgIpc) is 2.28. The fourth-order valence-corrected chi connectivity index (χ4v) is 2.33. The minimum Gasteiger partial charge on any atom is -0.398 e. The predicted molar refractivity (Wildman–Crippen MR) is 75.4 cm³/mol. The normalized spacial score (nSPS) is 12.2. The highest BCUT2D eigenvalue weighted by atomic mass is 32.2. The third kappa shape index (κ3) is 4.56. The lowest BCUT2D eigenvalue weighted by Crippen LogP contribution is -2.33. The van der Waals surface area contributed by atoms with Crippen molar-refractivity contribution in [3.05, 3.63) is 29.6 Å². The van der Waals surface area contributed by atoms with Crippen molar-refractivity contribution in [3.63, 3.8) is 0 Å². The van der Waals surface area contributed by atoms with Crippen LogP contribution in [0.15, 0.2) is 18.2 Å². The molecule has 1 unspecified atom stereocenters. The van der Waals surface area contributed by atoms with Gasteiger partial charge in [-0.2, -0.15) is 11.8 Å². The molecular formula is C13H19FN2OS. The number of benzene rings is 1. The Labute approximate surface area is 111 Å². The van der Waals surface area contributed by atoms with Crippen molar-refractivity contribution in [2.24, 2.45) is 0 Å². The maximum absolute atomic E-state index is 12.9. The van der Waals surface area contributed by atoms with Crippen molar-refractivity contribution in [2.45, 2.75) is 26.3 Å². The van der Waals surface area contributed by atoms with Crippen molar-refractivity contribution < 1.29 is 9.18 Å². The van der Waals surface area contributed by atoms with E-state index in [1.54, 1.807) is 0 Å². The molecule has 0 radical (unpaired) electrons. The molecule has 3 N–H and O–H groups in total. The van der Waals surface area contributed by atoms with Gasteiger partial charge in [-0.3, -0.25) is 4.79 Å². The number of anilines is 1. The lowest BCUT2D eigenvalue weighted by molar-refractivity contribution is 0.0940. The highest BCUT2D eigenvalue weighted by Crippen LogP contribution is 2.13. The number of amides is 1. The topological polar surface area (TPSA) is 55.1 Å². The standard InChI is InChI=1S/C13H19FN2OS/c1-3-18-7-6-9(2)16-13(17)11-5-4-10(14)8-12(11)15/h4-5,8-9H,3,6-7,15H2,1-2H3,(H,16,17). The molecule has 0 saturated heterocycles. The van der Waals surface area contributed by atoms with E-state index in [0.29, 0.717) is 5.56 Å². The van der Waals surface area contributed by atoms with Gasteiger partial charge in [-0.1, -0.05) is 6.92 Å². The number of nitrogen functional groups attached to an aromatic ring is 1. The zero-order chi connectivity index (χ0) is 13.5. The molecule has 1 atom stereocenters. The molecule has 0 aromatic heterocycles.